The van der Waals surface area contributed by atoms with Gasteiger partial charge in [-0.1, -0.05) is 0 Å². The van der Waals surface area contributed by atoms with Crippen LogP contribution in [-0.2, 0) is 6.42 Å². The van der Waals surface area contributed by atoms with Crippen LogP contribution < -0.4 is 5.32 Å². The van der Waals surface area contributed by atoms with Crippen LogP contribution in [0, 0.1) is 19.7 Å². The number of hydrogen-bond acceptors (Lipinski definition) is 4. The number of urea groups is 1. The molecule has 0 spiro atoms. The molecule has 0 saturated carbocycles. The molecule has 3 rings (SSSR count). The Balaban J connectivity index is 1.56. The highest BCUT2D eigenvalue weighted by Crippen LogP contribution is 2.25. The highest BCUT2D eigenvalue weighted by Gasteiger charge is 2.21. The molecule has 26 heavy (non-hydrogen) atoms. The number of aromatic amines is 1. The van der Waals surface area contributed by atoms with E-state index in [2.05, 4.69) is 20.3 Å². The van der Waals surface area contributed by atoms with Gasteiger partial charge in [0.15, 0.2) is 0 Å². The number of nitrogens with one attached hydrogen (secondary N) is 2. The SMILES string of the molecule is Cc1nc(C(C)N(C)C(=O)NCCc2nc3ccc(F)cc3[nH]2)c(C)s1. The standard InChI is InChI=1S/C18H22FN5OS/c1-10(17-11(2)26-12(3)21-17)24(4)18(25)20-8-7-16-22-14-6-5-13(19)9-15(14)23-16/h5-6,9-10H,7-8H2,1-4H3,(H,20,25)(H,22,23). The fourth-order valence-corrected chi connectivity index (χ4v) is 3.77. The van der Waals surface area contributed by atoms with Gasteiger partial charge in [0.1, 0.15) is 11.6 Å². The lowest BCUT2D eigenvalue weighted by Crippen LogP contribution is -2.39. The Bertz CT molecular complexity index is 935. The van der Waals surface area contributed by atoms with Crippen LogP contribution in [-0.4, -0.2) is 39.5 Å². The molecule has 2 heterocycles. The van der Waals surface area contributed by atoms with Crippen molar-refractivity contribution >= 4 is 28.4 Å². The molecule has 0 saturated heterocycles. The Morgan fingerprint density at radius 1 is 1.38 bits per heavy atom. The molecule has 0 fully saturated rings. The molecule has 3 aromatic rings. The molecule has 2 aromatic heterocycles. The molecule has 6 nitrogen and oxygen atoms in total. The number of fused-ring (bicyclic) bond motifs is 1. The van der Waals surface area contributed by atoms with Crippen molar-refractivity contribution in [3.63, 3.8) is 0 Å². The summed E-state index contributed by atoms with van der Waals surface area (Å²) in [5, 5.41) is 3.89. The van der Waals surface area contributed by atoms with E-state index in [1.165, 1.54) is 12.1 Å². The predicted octanol–water partition coefficient (Wildman–Crippen LogP) is 3.72. The number of imidazole rings is 1. The molecule has 0 aliphatic heterocycles. The molecule has 2 amide bonds. The maximum absolute atomic E-state index is 13.2. The maximum Gasteiger partial charge on any atom is 0.317 e. The number of carbonyl (C=O) groups excluding carboxylic acids is 1. The molecule has 138 valence electrons. The van der Waals surface area contributed by atoms with E-state index in [1.54, 1.807) is 29.4 Å². The Hall–Kier alpha value is -2.48. The van der Waals surface area contributed by atoms with Crippen molar-refractivity contribution in [2.45, 2.75) is 33.2 Å². The summed E-state index contributed by atoms with van der Waals surface area (Å²) < 4.78 is 13.2. The number of thiazole rings is 1. The molecular formula is C18H22FN5OS. The molecule has 2 N–H and O–H groups in total. The first kappa shape index (κ1) is 18.3. The minimum atomic E-state index is -0.302. The molecule has 0 radical (unpaired) electrons. The van der Waals surface area contributed by atoms with Crippen LogP contribution in [0.3, 0.4) is 0 Å². The fourth-order valence-electron chi connectivity index (χ4n) is 2.86. The van der Waals surface area contributed by atoms with E-state index in [4.69, 9.17) is 0 Å². The largest absolute Gasteiger partial charge is 0.342 e. The zero-order valence-electron chi connectivity index (χ0n) is 15.3. The lowest BCUT2D eigenvalue weighted by atomic mass is 10.2. The first-order valence-corrected chi connectivity index (χ1v) is 9.25. The van der Waals surface area contributed by atoms with Gasteiger partial charge in [0.25, 0.3) is 0 Å². The van der Waals surface area contributed by atoms with Crippen molar-refractivity contribution in [3.05, 3.63) is 45.4 Å². The van der Waals surface area contributed by atoms with E-state index in [-0.39, 0.29) is 17.9 Å². The van der Waals surface area contributed by atoms with Crippen LogP contribution in [0.4, 0.5) is 9.18 Å². The van der Waals surface area contributed by atoms with E-state index in [9.17, 15) is 9.18 Å². The Morgan fingerprint density at radius 2 is 2.15 bits per heavy atom. The van der Waals surface area contributed by atoms with Gasteiger partial charge in [-0.3, -0.25) is 0 Å². The van der Waals surface area contributed by atoms with Crippen molar-refractivity contribution in [2.24, 2.45) is 0 Å². The minimum Gasteiger partial charge on any atom is -0.342 e. The van der Waals surface area contributed by atoms with Gasteiger partial charge in [0, 0.05) is 24.9 Å². The summed E-state index contributed by atoms with van der Waals surface area (Å²) in [4.78, 5) is 27.2. The average molecular weight is 375 g/mol. The second kappa shape index (κ2) is 7.41. The van der Waals surface area contributed by atoms with Gasteiger partial charge in [-0.25, -0.2) is 19.2 Å². The zero-order chi connectivity index (χ0) is 18.8. The summed E-state index contributed by atoms with van der Waals surface area (Å²) in [6.45, 7) is 6.39. The third kappa shape index (κ3) is 3.85. The van der Waals surface area contributed by atoms with E-state index in [0.717, 1.165) is 15.6 Å². The number of halogens is 1. The molecule has 0 bridgehead atoms. The summed E-state index contributed by atoms with van der Waals surface area (Å²) in [6.07, 6.45) is 0.541. The second-order valence-electron chi connectivity index (χ2n) is 6.29. The summed E-state index contributed by atoms with van der Waals surface area (Å²) >= 11 is 1.64. The number of H-pyrrole nitrogens is 1. The number of hydrogen-bond donors (Lipinski definition) is 2. The molecule has 0 aliphatic rings. The van der Waals surface area contributed by atoms with Gasteiger partial charge in [0.05, 0.1) is 27.8 Å². The van der Waals surface area contributed by atoms with Gasteiger partial charge < -0.3 is 15.2 Å². The Labute approximate surface area is 155 Å². The number of rotatable bonds is 5. The number of aryl methyl sites for hydroxylation is 2. The lowest BCUT2D eigenvalue weighted by molar-refractivity contribution is 0.193. The third-order valence-corrected chi connectivity index (χ3v) is 5.27. The van der Waals surface area contributed by atoms with Crippen LogP contribution in [0.1, 0.15) is 34.4 Å². The third-order valence-electron chi connectivity index (χ3n) is 4.37. The number of aromatic nitrogens is 3. The quantitative estimate of drug-likeness (QED) is 0.714. The van der Waals surface area contributed by atoms with Crippen LogP contribution >= 0.6 is 11.3 Å². The summed E-state index contributed by atoms with van der Waals surface area (Å²) in [5.41, 5.74) is 2.31. The maximum atomic E-state index is 13.2. The molecule has 1 atom stereocenters. The summed E-state index contributed by atoms with van der Waals surface area (Å²) in [7, 11) is 1.76. The smallest absolute Gasteiger partial charge is 0.317 e. The first-order valence-electron chi connectivity index (χ1n) is 8.44. The topological polar surface area (TPSA) is 73.9 Å². The Kier molecular flexibility index (Phi) is 5.22. The van der Waals surface area contributed by atoms with Gasteiger partial charge >= 0.3 is 6.03 Å². The van der Waals surface area contributed by atoms with Crippen molar-refractivity contribution in [1.82, 2.24) is 25.2 Å². The van der Waals surface area contributed by atoms with E-state index >= 15 is 0 Å². The van der Waals surface area contributed by atoms with Crippen LogP contribution in [0.5, 0.6) is 0 Å². The van der Waals surface area contributed by atoms with Crippen molar-refractivity contribution in [2.75, 3.05) is 13.6 Å². The zero-order valence-corrected chi connectivity index (χ0v) is 16.1. The molecule has 0 aliphatic carbocycles. The minimum absolute atomic E-state index is 0.103. The van der Waals surface area contributed by atoms with E-state index in [0.29, 0.717) is 29.8 Å². The summed E-state index contributed by atoms with van der Waals surface area (Å²) in [5.74, 6) is 0.414. The van der Waals surface area contributed by atoms with Crippen molar-refractivity contribution < 1.29 is 9.18 Å². The number of nitrogens with zero attached hydrogens (tertiary/aromatic N) is 3. The molecular weight excluding hydrogens is 353 g/mol. The first-order chi connectivity index (χ1) is 12.3. The lowest BCUT2D eigenvalue weighted by Gasteiger charge is -2.24. The van der Waals surface area contributed by atoms with E-state index < -0.39 is 0 Å². The van der Waals surface area contributed by atoms with Gasteiger partial charge in [0.2, 0.25) is 0 Å². The van der Waals surface area contributed by atoms with E-state index in [1.807, 2.05) is 20.8 Å². The second-order valence-corrected chi connectivity index (χ2v) is 7.70. The van der Waals surface area contributed by atoms with Crippen molar-refractivity contribution in [3.8, 4) is 0 Å². The highest BCUT2D eigenvalue weighted by atomic mass is 32.1. The molecule has 1 aromatic carbocycles. The predicted molar refractivity (Wildman–Crippen MR) is 101 cm³/mol. The average Bonchev–Trinajstić information content (AvgIpc) is 3.14. The number of benzene rings is 1. The summed E-state index contributed by atoms with van der Waals surface area (Å²) in [6, 6.07) is 4.17. The van der Waals surface area contributed by atoms with Gasteiger partial charge in [-0.2, -0.15) is 0 Å². The normalized spacial score (nSPS) is 12.3. The van der Waals surface area contributed by atoms with Crippen LogP contribution in [0.15, 0.2) is 18.2 Å². The van der Waals surface area contributed by atoms with Crippen molar-refractivity contribution in [1.29, 1.82) is 0 Å². The Morgan fingerprint density at radius 3 is 2.85 bits per heavy atom. The monoisotopic (exact) mass is 375 g/mol. The molecule has 1 unspecified atom stereocenters. The fraction of sp³-hybridized carbons (Fsp3) is 0.389. The van der Waals surface area contributed by atoms with Gasteiger partial charge in [-0.15, -0.1) is 11.3 Å². The van der Waals surface area contributed by atoms with Crippen LogP contribution in [0.25, 0.3) is 11.0 Å². The number of amides is 2. The van der Waals surface area contributed by atoms with Gasteiger partial charge in [-0.05, 0) is 39.0 Å². The highest BCUT2D eigenvalue weighted by molar-refractivity contribution is 7.11. The van der Waals surface area contributed by atoms with Crippen LogP contribution in [0.2, 0.25) is 0 Å². The number of carbonyl (C=O) groups is 1. The molecule has 8 heteroatoms.